The standard InChI is InChI=1S/C19H26N4O3/c1-5-26-18(25)19(8-6-7-9-19)22-17(24)15-10-14-11-20-23(12(2)3)16(14)21-13(15)4/h10-12H,5-9H2,1-4H3,(H,22,24). The molecule has 0 unspecified atom stereocenters. The summed E-state index contributed by atoms with van der Waals surface area (Å²) in [5.41, 5.74) is 0.928. The van der Waals surface area contributed by atoms with Gasteiger partial charge in [-0.2, -0.15) is 5.10 Å². The summed E-state index contributed by atoms with van der Waals surface area (Å²) in [6.07, 6.45) is 4.73. The highest BCUT2D eigenvalue weighted by atomic mass is 16.5. The van der Waals surface area contributed by atoms with Crippen LogP contribution < -0.4 is 5.32 Å². The Kier molecular flexibility index (Phi) is 4.98. The molecule has 1 aliphatic carbocycles. The number of hydrogen-bond donors (Lipinski definition) is 1. The second-order valence-corrected chi connectivity index (χ2v) is 7.18. The number of fused-ring (bicyclic) bond motifs is 1. The van der Waals surface area contributed by atoms with Crippen LogP contribution >= 0.6 is 0 Å². The van der Waals surface area contributed by atoms with Gasteiger partial charge in [-0.15, -0.1) is 0 Å². The molecule has 0 bridgehead atoms. The molecule has 0 saturated heterocycles. The fraction of sp³-hybridized carbons (Fsp3) is 0.579. The SMILES string of the molecule is CCOC(=O)C1(NC(=O)c2cc3cnn(C(C)C)c3nc2C)CCCC1. The largest absolute Gasteiger partial charge is 0.464 e. The van der Waals surface area contributed by atoms with Crippen molar-refractivity contribution in [3.8, 4) is 0 Å². The van der Waals surface area contributed by atoms with Gasteiger partial charge in [0.15, 0.2) is 5.65 Å². The molecule has 3 rings (SSSR count). The second kappa shape index (κ2) is 7.05. The highest BCUT2D eigenvalue weighted by molar-refractivity contribution is 6.01. The first-order valence-electron chi connectivity index (χ1n) is 9.22. The van der Waals surface area contributed by atoms with E-state index in [-0.39, 0.29) is 17.9 Å². The van der Waals surface area contributed by atoms with E-state index in [9.17, 15) is 9.59 Å². The summed E-state index contributed by atoms with van der Waals surface area (Å²) < 4.78 is 7.05. The minimum absolute atomic E-state index is 0.185. The second-order valence-electron chi connectivity index (χ2n) is 7.18. The van der Waals surface area contributed by atoms with Crippen LogP contribution in [0, 0.1) is 6.92 Å². The van der Waals surface area contributed by atoms with Gasteiger partial charge in [-0.3, -0.25) is 4.79 Å². The fourth-order valence-electron chi connectivity index (χ4n) is 3.59. The average Bonchev–Trinajstić information content (AvgIpc) is 3.21. The number of esters is 1. The summed E-state index contributed by atoms with van der Waals surface area (Å²) in [6.45, 7) is 7.95. The van der Waals surface area contributed by atoms with E-state index < -0.39 is 5.54 Å². The molecule has 0 atom stereocenters. The van der Waals surface area contributed by atoms with Crippen molar-refractivity contribution in [1.82, 2.24) is 20.1 Å². The molecular formula is C19H26N4O3. The molecule has 0 radical (unpaired) electrons. The number of hydrogen-bond acceptors (Lipinski definition) is 5. The smallest absolute Gasteiger partial charge is 0.331 e. The van der Waals surface area contributed by atoms with Gasteiger partial charge in [0.1, 0.15) is 5.54 Å². The Labute approximate surface area is 153 Å². The van der Waals surface area contributed by atoms with Gasteiger partial charge in [0.2, 0.25) is 0 Å². The molecule has 0 aromatic carbocycles. The topological polar surface area (TPSA) is 86.1 Å². The van der Waals surface area contributed by atoms with Crippen molar-refractivity contribution in [2.45, 2.75) is 65.0 Å². The number of nitrogens with one attached hydrogen (secondary N) is 1. The molecule has 1 amide bonds. The first kappa shape index (κ1) is 18.4. The number of pyridine rings is 1. The van der Waals surface area contributed by atoms with Crippen LogP contribution in [0.15, 0.2) is 12.3 Å². The molecule has 1 N–H and O–H groups in total. The Morgan fingerprint density at radius 2 is 2.04 bits per heavy atom. The van der Waals surface area contributed by atoms with Crippen LogP contribution in [0.5, 0.6) is 0 Å². The lowest BCUT2D eigenvalue weighted by atomic mass is 9.96. The number of carbonyl (C=O) groups excluding carboxylic acids is 2. The van der Waals surface area contributed by atoms with E-state index in [2.05, 4.69) is 15.4 Å². The monoisotopic (exact) mass is 358 g/mol. The number of nitrogens with zero attached hydrogens (tertiary/aromatic N) is 3. The number of carbonyl (C=O) groups is 2. The maximum Gasteiger partial charge on any atom is 0.331 e. The summed E-state index contributed by atoms with van der Waals surface area (Å²) in [4.78, 5) is 30.0. The Hall–Kier alpha value is -2.44. The predicted octanol–water partition coefficient (Wildman–Crippen LogP) is 2.93. The van der Waals surface area contributed by atoms with Crippen molar-refractivity contribution >= 4 is 22.9 Å². The first-order valence-corrected chi connectivity index (χ1v) is 9.22. The van der Waals surface area contributed by atoms with E-state index in [4.69, 9.17) is 4.74 Å². The molecule has 2 aromatic heterocycles. The van der Waals surface area contributed by atoms with Crippen LogP contribution in [0.2, 0.25) is 0 Å². The lowest BCUT2D eigenvalue weighted by molar-refractivity contribution is -0.150. The van der Waals surface area contributed by atoms with E-state index in [1.807, 2.05) is 18.5 Å². The number of amides is 1. The molecular weight excluding hydrogens is 332 g/mol. The third kappa shape index (κ3) is 3.18. The third-order valence-electron chi connectivity index (χ3n) is 4.97. The molecule has 1 aliphatic rings. The van der Waals surface area contributed by atoms with Gasteiger partial charge >= 0.3 is 5.97 Å². The van der Waals surface area contributed by atoms with Gasteiger partial charge < -0.3 is 10.1 Å². The molecule has 1 saturated carbocycles. The van der Waals surface area contributed by atoms with Crippen LogP contribution in [-0.4, -0.2) is 38.8 Å². The van der Waals surface area contributed by atoms with E-state index in [1.165, 1.54) is 0 Å². The average molecular weight is 358 g/mol. The van der Waals surface area contributed by atoms with Crippen LogP contribution in [0.1, 0.15) is 68.5 Å². The van der Waals surface area contributed by atoms with Gasteiger partial charge in [0.25, 0.3) is 5.91 Å². The lowest BCUT2D eigenvalue weighted by Gasteiger charge is -2.28. The van der Waals surface area contributed by atoms with Crippen molar-refractivity contribution in [2.24, 2.45) is 0 Å². The van der Waals surface area contributed by atoms with Gasteiger partial charge in [0, 0.05) is 11.4 Å². The lowest BCUT2D eigenvalue weighted by Crippen LogP contribution is -2.53. The molecule has 0 aliphatic heterocycles. The minimum Gasteiger partial charge on any atom is -0.464 e. The number of aromatic nitrogens is 3. The highest BCUT2D eigenvalue weighted by Crippen LogP contribution is 2.31. The zero-order chi connectivity index (χ0) is 18.9. The molecule has 1 fully saturated rings. The van der Waals surface area contributed by atoms with Crippen molar-refractivity contribution in [3.63, 3.8) is 0 Å². The van der Waals surface area contributed by atoms with E-state index in [0.29, 0.717) is 30.7 Å². The van der Waals surface area contributed by atoms with Gasteiger partial charge in [-0.1, -0.05) is 12.8 Å². The molecule has 0 spiro atoms. The van der Waals surface area contributed by atoms with Gasteiger partial charge in [-0.25, -0.2) is 14.5 Å². The molecule has 140 valence electrons. The zero-order valence-corrected chi connectivity index (χ0v) is 15.8. The number of aryl methyl sites for hydroxylation is 1. The predicted molar refractivity (Wildman–Crippen MR) is 97.9 cm³/mol. The van der Waals surface area contributed by atoms with Crippen molar-refractivity contribution in [1.29, 1.82) is 0 Å². The van der Waals surface area contributed by atoms with Crippen LogP contribution in [0.3, 0.4) is 0 Å². The summed E-state index contributed by atoms with van der Waals surface area (Å²) in [6, 6.07) is 1.98. The van der Waals surface area contributed by atoms with Crippen molar-refractivity contribution in [2.75, 3.05) is 6.61 Å². The molecule has 2 aromatic rings. The summed E-state index contributed by atoms with van der Waals surface area (Å²) in [5, 5.41) is 8.11. The van der Waals surface area contributed by atoms with E-state index >= 15 is 0 Å². The quantitative estimate of drug-likeness (QED) is 0.831. The number of rotatable bonds is 5. The zero-order valence-electron chi connectivity index (χ0n) is 15.8. The maximum atomic E-state index is 12.9. The fourth-order valence-corrected chi connectivity index (χ4v) is 3.59. The van der Waals surface area contributed by atoms with Crippen molar-refractivity contribution in [3.05, 3.63) is 23.5 Å². The summed E-state index contributed by atoms with van der Waals surface area (Å²) in [7, 11) is 0. The highest BCUT2D eigenvalue weighted by Gasteiger charge is 2.44. The van der Waals surface area contributed by atoms with Crippen molar-refractivity contribution < 1.29 is 14.3 Å². The summed E-state index contributed by atoms with van der Waals surface area (Å²) in [5.74, 6) is -0.630. The molecule has 7 heteroatoms. The Morgan fingerprint density at radius 1 is 1.35 bits per heavy atom. The van der Waals surface area contributed by atoms with Gasteiger partial charge in [0.05, 0.1) is 24.1 Å². The van der Waals surface area contributed by atoms with E-state index in [0.717, 1.165) is 23.9 Å². The van der Waals surface area contributed by atoms with E-state index in [1.54, 1.807) is 26.1 Å². The van der Waals surface area contributed by atoms with Crippen LogP contribution in [-0.2, 0) is 9.53 Å². The Balaban J connectivity index is 1.92. The molecule has 7 nitrogen and oxygen atoms in total. The third-order valence-corrected chi connectivity index (χ3v) is 4.97. The van der Waals surface area contributed by atoms with Crippen LogP contribution in [0.4, 0.5) is 0 Å². The maximum absolute atomic E-state index is 12.9. The van der Waals surface area contributed by atoms with Gasteiger partial charge in [-0.05, 0) is 46.6 Å². The van der Waals surface area contributed by atoms with Crippen LogP contribution in [0.25, 0.3) is 11.0 Å². The number of ether oxygens (including phenoxy) is 1. The Morgan fingerprint density at radius 3 is 2.65 bits per heavy atom. The molecule has 26 heavy (non-hydrogen) atoms. The first-order chi connectivity index (χ1) is 12.4. The summed E-state index contributed by atoms with van der Waals surface area (Å²) >= 11 is 0. The normalized spacial score (nSPS) is 16.2. The molecule has 2 heterocycles. The Bertz CT molecular complexity index is 835. The minimum atomic E-state index is -0.920.